The average Bonchev–Trinajstić information content (AvgIpc) is 2.83. The van der Waals surface area contributed by atoms with Gasteiger partial charge in [-0.25, -0.2) is 9.59 Å². The summed E-state index contributed by atoms with van der Waals surface area (Å²) in [5.74, 6) is -1.61. The molecule has 1 aliphatic carbocycles. The van der Waals surface area contributed by atoms with E-state index in [0.717, 1.165) is 0 Å². The van der Waals surface area contributed by atoms with Crippen LogP contribution in [-0.2, 0) is 25.7 Å². The van der Waals surface area contributed by atoms with Gasteiger partial charge >= 0.3 is 12.0 Å². The van der Waals surface area contributed by atoms with E-state index in [4.69, 9.17) is 0 Å². The quantitative estimate of drug-likeness (QED) is 0.576. The van der Waals surface area contributed by atoms with Crippen molar-refractivity contribution in [3.05, 3.63) is 22.1 Å². The van der Waals surface area contributed by atoms with Crippen LogP contribution >= 0.6 is 0 Å². The molecule has 0 spiro atoms. The maximum atomic E-state index is 11.3. The molecule has 0 aromatic carbocycles. The summed E-state index contributed by atoms with van der Waals surface area (Å²) in [6.07, 6.45) is -2.44. The second-order valence-electron chi connectivity index (χ2n) is 3.90. The van der Waals surface area contributed by atoms with Crippen molar-refractivity contribution in [3.8, 4) is 0 Å². The molecule has 0 aliphatic heterocycles. The van der Waals surface area contributed by atoms with Gasteiger partial charge in [0.25, 0.3) is 0 Å². The topological polar surface area (TPSA) is 113 Å². The van der Waals surface area contributed by atoms with Crippen LogP contribution in [0.3, 0.4) is 0 Å². The Morgan fingerprint density at radius 1 is 1.21 bits per heavy atom. The lowest BCUT2D eigenvalue weighted by molar-refractivity contribution is -0.134. The molecule has 1 fully saturated rings. The summed E-state index contributed by atoms with van der Waals surface area (Å²) in [7, 11) is 0. The Labute approximate surface area is 106 Å². The van der Waals surface area contributed by atoms with E-state index in [0.29, 0.717) is 0 Å². The summed E-state index contributed by atoms with van der Waals surface area (Å²) in [6, 6.07) is 0. The number of Topliss-reactive ketones (excluding diaryl/α,β-unsaturated/α-hetero) is 2. The van der Waals surface area contributed by atoms with Crippen molar-refractivity contribution in [2.24, 2.45) is 0 Å². The molecule has 0 radical (unpaired) electrons. The van der Waals surface area contributed by atoms with E-state index in [-0.39, 0.29) is 31.0 Å². The zero-order chi connectivity index (χ0) is 14.0. The van der Waals surface area contributed by atoms with Gasteiger partial charge in [-0.2, -0.15) is 0 Å². The standard InChI is InChI=1S/C11H10O8/c1-5-8(18-11(15)17-5)4-16-10(14)19-9-6(12)2-3-7(9)13/h9H,2-4H2,1H3. The number of ketones is 2. The third-order valence-electron chi connectivity index (χ3n) is 2.57. The SMILES string of the molecule is Cc1oc(=O)oc1COC(=O)OC1C(=O)CCC1=O. The van der Waals surface area contributed by atoms with Crippen molar-refractivity contribution in [1.29, 1.82) is 0 Å². The first kappa shape index (κ1) is 13.1. The van der Waals surface area contributed by atoms with Crippen molar-refractivity contribution in [2.75, 3.05) is 0 Å². The summed E-state index contributed by atoms with van der Waals surface area (Å²) < 4.78 is 18.4. The summed E-state index contributed by atoms with van der Waals surface area (Å²) in [5, 5.41) is 0. The molecule has 1 aromatic heterocycles. The van der Waals surface area contributed by atoms with Crippen molar-refractivity contribution in [3.63, 3.8) is 0 Å². The highest BCUT2D eigenvalue weighted by atomic mass is 16.7. The Morgan fingerprint density at radius 2 is 1.84 bits per heavy atom. The minimum Gasteiger partial charge on any atom is -0.426 e. The molecule has 19 heavy (non-hydrogen) atoms. The molecule has 0 saturated heterocycles. The van der Waals surface area contributed by atoms with Crippen LogP contribution in [0.1, 0.15) is 24.4 Å². The molecular formula is C11H10O8. The van der Waals surface area contributed by atoms with Gasteiger partial charge in [-0.15, -0.1) is 0 Å². The van der Waals surface area contributed by atoms with Gasteiger partial charge in [-0.3, -0.25) is 9.59 Å². The zero-order valence-electron chi connectivity index (χ0n) is 9.96. The van der Waals surface area contributed by atoms with Crippen LogP contribution in [-0.4, -0.2) is 23.8 Å². The highest BCUT2D eigenvalue weighted by Gasteiger charge is 2.36. The highest BCUT2D eigenvalue weighted by Crippen LogP contribution is 2.15. The number of hydrogen-bond acceptors (Lipinski definition) is 8. The molecule has 0 atom stereocenters. The summed E-state index contributed by atoms with van der Waals surface area (Å²) in [4.78, 5) is 44.5. The molecule has 0 bridgehead atoms. The van der Waals surface area contributed by atoms with E-state index in [1.807, 2.05) is 0 Å². The Morgan fingerprint density at radius 3 is 2.37 bits per heavy atom. The predicted octanol–water partition coefficient (Wildman–Crippen LogP) is 0.495. The van der Waals surface area contributed by atoms with Crippen LogP contribution in [0, 0.1) is 6.92 Å². The van der Waals surface area contributed by atoms with Crippen LogP contribution in [0.4, 0.5) is 4.79 Å². The molecule has 1 aromatic rings. The van der Waals surface area contributed by atoms with Crippen molar-refractivity contribution in [1.82, 2.24) is 0 Å². The van der Waals surface area contributed by atoms with Gasteiger partial charge in [-0.05, 0) is 6.92 Å². The predicted molar refractivity (Wildman–Crippen MR) is 56.3 cm³/mol. The first-order chi connectivity index (χ1) is 8.97. The van der Waals surface area contributed by atoms with Gasteiger partial charge in [0.05, 0.1) is 0 Å². The molecule has 1 heterocycles. The van der Waals surface area contributed by atoms with Gasteiger partial charge in [0, 0.05) is 12.8 Å². The molecule has 0 amide bonds. The number of ether oxygens (including phenoxy) is 2. The van der Waals surface area contributed by atoms with Gasteiger partial charge in [-0.1, -0.05) is 0 Å². The van der Waals surface area contributed by atoms with E-state index in [1.54, 1.807) is 0 Å². The third kappa shape index (κ3) is 2.90. The Kier molecular flexibility index (Phi) is 3.50. The van der Waals surface area contributed by atoms with E-state index < -0.39 is 29.6 Å². The monoisotopic (exact) mass is 270 g/mol. The van der Waals surface area contributed by atoms with Crippen molar-refractivity contribution in [2.45, 2.75) is 32.5 Å². The summed E-state index contributed by atoms with van der Waals surface area (Å²) >= 11 is 0. The van der Waals surface area contributed by atoms with Gasteiger partial charge in [0.2, 0.25) is 6.10 Å². The molecule has 8 heteroatoms. The maximum Gasteiger partial charge on any atom is 0.519 e. The maximum absolute atomic E-state index is 11.3. The van der Waals surface area contributed by atoms with Gasteiger partial charge < -0.3 is 18.3 Å². The van der Waals surface area contributed by atoms with E-state index in [9.17, 15) is 19.2 Å². The fraction of sp³-hybridized carbons (Fsp3) is 0.455. The molecule has 0 unspecified atom stereocenters. The summed E-state index contributed by atoms with van der Waals surface area (Å²) in [6.45, 7) is 1.07. The molecular weight excluding hydrogens is 260 g/mol. The fourth-order valence-corrected chi connectivity index (χ4v) is 1.58. The minimum atomic E-state index is -1.38. The van der Waals surface area contributed by atoms with Gasteiger partial charge in [0.1, 0.15) is 0 Å². The molecule has 1 aliphatic rings. The molecule has 2 rings (SSSR count). The largest absolute Gasteiger partial charge is 0.519 e. The lowest BCUT2D eigenvalue weighted by Gasteiger charge is -2.08. The number of carbonyl (C=O) groups excluding carboxylic acids is 3. The fourth-order valence-electron chi connectivity index (χ4n) is 1.58. The Bertz CT molecular complexity index is 562. The second kappa shape index (κ2) is 5.09. The first-order valence-corrected chi connectivity index (χ1v) is 5.45. The molecule has 8 nitrogen and oxygen atoms in total. The smallest absolute Gasteiger partial charge is 0.426 e. The number of hydrogen-bond donors (Lipinski definition) is 0. The number of rotatable bonds is 3. The lowest BCUT2D eigenvalue weighted by atomic mass is 10.3. The minimum absolute atomic E-state index is 0.0334. The van der Waals surface area contributed by atoms with Crippen molar-refractivity contribution >= 4 is 17.7 Å². The van der Waals surface area contributed by atoms with E-state index in [2.05, 4.69) is 18.3 Å². The van der Waals surface area contributed by atoms with Crippen LogP contribution < -0.4 is 5.82 Å². The Hall–Kier alpha value is -2.38. The molecule has 1 saturated carbocycles. The highest BCUT2D eigenvalue weighted by molar-refractivity contribution is 6.12. The van der Waals surface area contributed by atoms with Crippen LogP contribution in [0.2, 0.25) is 0 Å². The van der Waals surface area contributed by atoms with Crippen LogP contribution in [0.5, 0.6) is 0 Å². The third-order valence-corrected chi connectivity index (χ3v) is 2.57. The van der Waals surface area contributed by atoms with E-state index in [1.165, 1.54) is 6.92 Å². The van der Waals surface area contributed by atoms with E-state index >= 15 is 0 Å². The summed E-state index contributed by atoms with van der Waals surface area (Å²) in [5.41, 5.74) is 0. The Balaban J connectivity index is 1.88. The second-order valence-corrected chi connectivity index (χ2v) is 3.90. The first-order valence-electron chi connectivity index (χ1n) is 5.45. The average molecular weight is 270 g/mol. The van der Waals surface area contributed by atoms with Crippen LogP contribution in [0.25, 0.3) is 0 Å². The van der Waals surface area contributed by atoms with Crippen LogP contribution in [0.15, 0.2) is 13.6 Å². The lowest BCUT2D eigenvalue weighted by Crippen LogP contribution is -2.28. The van der Waals surface area contributed by atoms with Gasteiger partial charge in [0.15, 0.2) is 29.7 Å². The zero-order valence-corrected chi connectivity index (χ0v) is 9.96. The molecule has 102 valence electrons. The number of carbonyl (C=O) groups is 3. The number of aryl methyl sites for hydroxylation is 1. The normalized spacial score (nSPS) is 15.8. The van der Waals surface area contributed by atoms with Crippen molar-refractivity contribution < 1.29 is 32.7 Å². The molecule has 0 N–H and O–H groups in total.